The fourth-order valence-electron chi connectivity index (χ4n) is 3.43. The molecule has 2 heterocycles. The minimum absolute atomic E-state index is 0.213. The number of hydrogen-bond donors (Lipinski definition) is 1. The van der Waals surface area contributed by atoms with Crippen LogP contribution in [0.25, 0.3) is 0 Å². The smallest absolute Gasteiger partial charge is 0.255 e. The van der Waals surface area contributed by atoms with Crippen molar-refractivity contribution < 1.29 is 19.1 Å². The second-order valence-corrected chi connectivity index (χ2v) is 6.77. The van der Waals surface area contributed by atoms with Gasteiger partial charge in [-0.25, -0.2) is 0 Å². The van der Waals surface area contributed by atoms with Crippen molar-refractivity contribution in [3.05, 3.63) is 54.1 Å². The minimum atomic E-state index is -0.292. The summed E-state index contributed by atoms with van der Waals surface area (Å²) >= 11 is 0. The van der Waals surface area contributed by atoms with Gasteiger partial charge in [0.15, 0.2) is 0 Å². The maximum absolute atomic E-state index is 12.6. The molecule has 0 unspecified atom stereocenters. The molecule has 0 aromatic heterocycles. The Morgan fingerprint density at radius 3 is 2.25 bits per heavy atom. The molecule has 28 heavy (non-hydrogen) atoms. The van der Waals surface area contributed by atoms with Gasteiger partial charge in [0.1, 0.15) is 0 Å². The number of carbonyl (C=O) groups excluding carboxylic acids is 3. The summed E-state index contributed by atoms with van der Waals surface area (Å²) in [6, 6.07) is 14.2. The van der Waals surface area contributed by atoms with Crippen molar-refractivity contribution >= 4 is 34.8 Å². The topological polar surface area (TPSA) is 79.0 Å². The highest BCUT2D eigenvalue weighted by Crippen LogP contribution is 2.24. The third-order valence-electron chi connectivity index (χ3n) is 4.92. The van der Waals surface area contributed by atoms with Crippen molar-refractivity contribution in [1.82, 2.24) is 0 Å². The molecule has 1 N–H and O–H groups in total. The molecule has 2 aliphatic heterocycles. The maximum Gasteiger partial charge on any atom is 0.255 e. The van der Waals surface area contributed by atoms with Crippen LogP contribution in [-0.4, -0.2) is 44.0 Å². The Hall–Kier alpha value is -3.19. The van der Waals surface area contributed by atoms with E-state index in [1.54, 1.807) is 24.3 Å². The zero-order chi connectivity index (χ0) is 19.5. The van der Waals surface area contributed by atoms with Crippen LogP contribution < -0.4 is 15.1 Å². The Balaban J connectivity index is 1.45. The number of morpholine rings is 1. The van der Waals surface area contributed by atoms with E-state index in [1.807, 2.05) is 24.3 Å². The van der Waals surface area contributed by atoms with Crippen molar-refractivity contribution in [3.8, 4) is 0 Å². The molecule has 0 bridgehead atoms. The van der Waals surface area contributed by atoms with Gasteiger partial charge < -0.3 is 15.0 Å². The van der Waals surface area contributed by atoms with Crippen LogP contribution in [0.2, 0.25) is 0 Å². The first kappa shape index (κ1) is 18.2. The first-order chi connectivity index (χ1) is 13.6. The molecule has 2 aromatic rings. The second kappa shape index (κ2) is 7.82. The van der Waals surface area contributed by atoms with Crippen molar-refractivity contribution in [1.29, 1.82) is 0 Å². The highest BCUT2D eigenvalue weighted by Gasteiger charge is 2.30. The lowest BCUT2D eigenvalue weighted by Crippen LogP contribution is -2.36. The molecular formula is C21H21N3O4. The van der Waals surface area contributed by atoms with Crippen LogP contribution in [-0.2, 0) is 14.3 Å². The fourth-order valence-corrected chi connectivity index (χ4v) is 3.43. The SMILES string of the molecule is O=C(Nc1ccc(N2CCOCC2)cc1)c1cccc(N2C(=O)CCC2=O)c1. The molecule has 2 aromatic carbocycles. The Bertz CT molecular complexity index is 888. The van der Waals surface area contributed by atoms with Crippen LogP contribution in [0.15, 0.2) is 48.5 Å². The molecule has 3 amide bonds. The van der Waals surface area contributed by atoms with Gasteiger partial charge >= 0.3 is 0 Å². The number of carbonyl (C=O) groups is 3. The molecule has 7 heteroatoms. The number of nitrogens with one attached hydrogen (secondary N) is 1. The monoisotopic (exact) mass is 379 g/mol. The van der Waals surface area contributed by atoms with E-state index in [0.29, 0.717) is 16.9 Å². The van der Waals surface area contributed by atoms with E-state index >= 15 is 0 Å². The van der Waals surface area contributed by atoms with Crippen LogP contribution in [0.4, 0.5) is 17.1 Å². The minimum Gasteiger partial charge on any atom is -0.378 e. The van der Waals surface area contributed by atoms with Crippen molar-refractivity contribution in [2.45, 2.75) is 12.8 Å². The fraction of sp³-hybridized carbons (Fsp3) is 0.286. The molecule has 2 saturated heterocycles. The first-order valence-corrected chi connectivity index (χ1v) is 9.32. The van der Waals surface area contributed by atoms with Gasteiger partial charge in [-0.1, -0.05) is 6.07 Å². The van der Waals surface area contributed by atoms with Crippen LogP contribution in [0, 0.1) is 0 Å². The maximum atomic E-state index is 12.6. The summed E-state index contributed by atoms with van der Waals surface area (Å²) in [6.45, 7) is 3.15. The lowest BCUT2D eigenvalue weighted by molar-refractivity contribution is -0.121. The quantitative estimate of drug-likeness (QED) is 0.826. The van der Waals surface area contributed by atoms with Crippen LogP contribution >= 0.6 is 0 Å². The van der Waals surface area contributed by atoms with Gasteiger partial charge in [0.05, 0.1) is 18.9 Å². The number of benzene rings is 2. The predicted molar refractivity (Wildman–Crippen MR) is 106 cm³/mol. The summed E-state index contributed by atoms with van der Waals surface area (Å²) in [7, 11) is 0. The van der Waals surface area contributed by atoms with E-state index in [0.717, 1.165) is 36.9 Å². The predicted octanol–water partition coefficient (Wildman–Crippen LogP) is 2.43. The van der Waals surface area contributed by atoms with E-state index < -0.39 is 0 Å². The van der Waals surface area contributed by atoms with Gasteiger partial charge in [-0.2, -0.15) is 0 Å². The number of anilines is 3. The van der Waals surface area contributed by atoms with Gasteiger partial charge in [-0.3, -0.25) is 19.3 Å². The highest BCUT2D eigenvalue weighted by atomic mass is 16.5. The van der Waals surface area contributed by atoms with Crippen molar-refractivity contribution in [2.24, 2.45) is 0 Å². The molecule has 0 spiro atoms. The number of hydrogen-bond acceptors (Lipinski definition) is 5. The molecule has 2 fully saturated rings. The Morgan fingerprint density at radius 2 is 1.57 bits per heavy atom. The second-order valence-electron chi connectivity index (χ2n) is 6.77. The molecule has 144 valence electrons. The number of rotatable bonds is 4. The Kier molecular flexibility index (Phi) is 5.08. The van der Waals surface area contributed by atoms with Gasteiger partial charge in [-0.05, 0) is 42.5 Å². The molecule has 0 aliphatic carbocycles. The Labute approximate surface area is 162 Å². The van der Waals surface area contributed by atoms with E-state index in [4.69, 9.17) is 4.74 Å². The average Bonchev–Trinajstić information content (AvgIpc) is 3.07. The zero-order valence-corrected chi connectivity index (χ0v) is 15.4. The highest BCUT2D eigenvalue weighted by molar-refractivity contribution is 6.20. The average molecular weight is 379 g/mol. The summed E-state index contributed by atoms with van der Waals surface area (Å²) in [5.41, 5.74) is 2.60. The van der Waals surface area contributed by atoms with Gasteiger partial charge in [0, 0.05) is 42.9 Å². The first-order valence-electron chi connectivity index (χ1n) is 9.32. The molecule has 7 nitrogen and oxygen atoms in total. The van der Waals surface area contributed by atoms with Crippen molar-refractivity contribution in [3.63, 3.8) is 0 Å². The molecule has 0 saturated carbocycles. The molecule has 2 aliphatic rings. The Morgan fingerprint density at radius 1 is 0.893 bits per heavy atom. The van der Waals surface area contributed by atoms with Gasteiger partial charge in [-0.15, -0.1) is 0 Å². The lowest BCUT2D eigenvalue weighted by atomic mass is 10.1. The summed E-state index contributed by atoms with van der Waals surface area (Å²) in [5.74, 6) is -0.761. The zero-order valence-electron chi connectivity index (χ0n) is 15.4. The van der Waals surface area contributed by atoms with Crippen molar-refractivity contribution in [2.75, 3.05) is 41.4 Å². The summed E-state index contributed by atoms with van der Waals surface area (Å²) in [4.78, 5) is 39.8. The number of amides is 3. The van der Waals surface area contributed by atoms with Gasteiger partial charge in [0.25, 0.3) is 5.91 Å². The number of ether oxygens (including phenoxy) is 1. The molecular weight excluding hydrogens is 358 g/mol. The number of nitrogens with zero attached hydrogens (tertiary/aromatic N) is 2. The third kappa shape index (κ3) is 3.75. The van der Waals surface area contributed by atoms with E-state index in [2.05, 4.69) is 10.2 Å². The molecule has 4 rings (SSSR count). The lowest BCUT2D eigenvalue weighted by Gasteiger charge is -2.28. The van der Waals surface area contributed by atoms with E-state index in [1.165, 1.54) is 0 Å². The largest absolute Gasteiger partial charge is 0.378 e. The summed E-state index contributed by atoms with van der Waals surface area (Å²) < 4.78 is 5.36. The standard InChI is InChI=1S/C21H21N3O4/c25-19-8-9-20(26)24(19)18-3-1-2-15(14-18)21(27)22-16-4-6-17(7-5-16)23-10-12-28-13-11-23/h1-7,14H,8-13H2,(H,22,27). The number of imide groups is 1. The van der Waals surface area contributed by atoms with Crippen LogP contribution in [0.3, 0.4) is 0 Å². The van der Waals surface area contributed by atoms with Crippen LogP contribution in [0.1, 0.15) is 23.2 Å². The van der Waals surface area contributed by atoms with Gasteiger partial charge in [0.2, 0.25) is 11.8 Å². The van der Waals surface area contributed by atoms with E-state index in [-0.39, 0.29) is 30.6 Å². The normalized spacial score (nSPS) is 17.1. The summed E-state index contributed by atoms with van der Waals surface area (Å²) in [6.07, 6.45) is 0.426. The summed E-state index contributed by atoms with van der Waals surface area (Å²) in [5, 5.41) is 2.86. The van der Waals surface area contributed by atoms with E-state index in [9.17, 15) is 14.4 Å². The third-order valence-corrected chi connectivity index (χ3v) is 4.92. The van der Waals surface area contributed by atoms with Crippen LogP contribution in [0.5, 0.6) is 0 Å². The molecule has 0 radical (unpaired) electrons. The molecule has 0 atom stereocenters.